The van der Waals surface area contributed by atoms with Crippen LogP contribution < -0.4 is 10.6 Å². The van der Waals surface area contributed by atoms with Crippen molar-refractivity contribution in [2.45, 2.75) is 57.9 Å². The molecule has 0 aromatic carbocycles. The molecule has 0 bridgehead atoms. The van der Waals surface area contributed by atoms with Crippen LogP contribution in [0.25, 0.3) is 0 Å². The quantitative estimate of drug-likeness (QED) is 0.735. The van der Waals surface area contributed by atoms with Crippen molar-refractivity contribution < 1.29 is 14.3 Å². The van der Waals surface area contributed by atoms with Gasteiger partial charge in [0.05, 0.1) is 11.1 Å². The summed E-state index contributed by atoms with van der Waals surface area (Å²) in [5.41, 5.74) is 7.66. The summed E-state index contributed by atoms with van der Waals surface area (Å²) in [6, 6.07) is 2.38. The third kappa shape index (κ3) is 5.66. The van der Waals surface area contributed by atoms with Crippen LogP contribution in [0.5, 0.6) is 0 Å². The number of pyridine rings is 1. The molecular formula is C21H35N3O3. The predicted molar refractivity (Wildman–Crippen MR) is 109 cm³/mol. The molecule has 1 aliphatic carbocycles. The van der Waals surface area contributed by atoms with Gasteiger partial charge in [-0.1, -0.05) is 13.8 Å². The number of hydrogen-bond donors (Lipinski definition) is 1. The molecule has 6 heteroatoms. The molecule has 2 aliphatic rings. The highest BCUT2D eigenvalue weighted by atomic mass is 16.5. The van der Waals surface area contributed by atoms with Gasteiger partial charge in [-0.25, -0.2) is 4.98 Å². The van der Waals surface area contributed by atoms with Gasteiger partial charge in [0.25, 0.3) is 0 Å². The summed E-state index contributed by atoms with van der Waals surface area (Å²) in [6.45, 7) is 9.72. The number of nitrogens with two attached hydrogens (primary N) is 1. The van der Waals surface area contributed by atoms with Crippen molar-refractivity contribution in [1.29, 1.82) is 0 Å². The zero-order valence-corrected chi connectivity index (χ0v) is 17.2. The molecule has 0 amide bonds. The molecule has 152 valence electrons. The lowest BCUT2D eigenvalue weighted by molar-refractivity contribution is -0.109. The van der Waals surface area contributed by atoms with E-state index in [0.29, 0.717) is 17.6 Å². The number of ether oxygens (including phenoxy) is 2. The monoisotopic (exact) mass is 377 g/mol. The lowest BCUT2D eigenvalue weighted by atomic mass is 9.99. The molecule has 2 N–H and O–H groups in total. The third-order valence-corrected chi connectivity index (χ3v) is 5.24. The number of carbonyl (C=O) groups is 1. The standard InChI is InChI=1S/C18H27N3O2.C3H8O/c1-13(2)11-21(15-3-7-23-8-4-15)17-16(19)9-14(10-20-17)18(12-22)5-6-18;1-3-4-2/h9-10,12-13,15H,3-8,11,19H2,1-2H3;3H2,1-2H3. The van der Waals surface area contributed by atoms with Crippen molar-refractivity contribution in [3.05, 3.63) is 17.8 Å². The average molecular weight is 378 g/mol. The SMILES string of the molecule is CC(C)CN(c1ncc(C2(C=O)CC2)cc1N)C1CCOCC1.CCOC. The van der Waals surface area contributed by atoms with Crippen LogP contribution in [0.1, 0.15) is 52.0 Å². The van der Waals surface area contributed by atoms with Crippen molar-refractivity contribution >= 4 is 17.8 Å². The molecule has 2 heterocycles. The molecular weight excluding hydrogens is 342 g/mol. The second-order valence-electron chi connectivity index (χ2n) is 7.88. The van der Waals surface area contributed by atoms with Gasteiger partial charge in [0, 0.05) is 45.7 Å². The van der Waals surface area contributed by atoms with Crippen LogP contribution in [-0.2, 0) is 19.7 Å². The maximum Gasteiger partial charge on any atom is 0.152 e. The number of carbonyl (C=O) groups excluding carboxylic acids is 1. The first-order valence-corrected chi connectivity index (χ1v) is 10.0. The number of methoxy groups -OCH3 is 1. The van der Waals surface area contributed by atoms with E-state index in [1.54, 1.807) is 7.11 Å². The minimum atomic E-state index is -0.318. The highest BCUT2D eigenvalue weighted by Crippen LogP contribution is 2.47. The van der Waals surface area contributed by atoms with Crippen molar-refractivity contribution in [2.75, 3.05) is 44.1 Å². The van der Waals surface area contributed by atoms with E-state index in [1.165, 1.54) is 0 Å². The lowest BCUT2D eigenvalue weighted by Crippen LogP contribution is -2.42. The van der Waals surface area contributed by atoms with Gasteiger partial charge < -0.3 is 24.9 Å². The molecule has 1 aliphatic heterocycles. The third-order valence-electron chi connectivity index (χ3n) is 5.24. The number of hydrogen-bond acceptors (Lipinski definition) is 6. The Morgan fingerprint density at radius 1 is 1.41 bits per heavy atom. The minimum Gasteiger partial charge on any atom is -0.396 e. The van der Waals surface area contributed by atoms with Gasteiger partial charge in [-0.15, -0.1) is 0 Å². The first kappa shape index (κ1) is 21.6. The number of aldehydes is 1. The number of rotatable bonds is 7. The Morgan fingerprint density at radius 3 is 2.48 bits per heavy atom. The first-order chi connectivity index (χ1) is 13.0. The largest absolute Gasteiger partial charge is 0.396 e. The topological polar surface area (TPSA) is 77.7 Å². The second kappa shape index (κ2) is 10.0. The maximum atomic E-state index is 11.3. The summed E-state index contributed by atoms with van der Waals surface area (Å²) in [5.74, 6) is 1.39. The van der Waals surface area contributed by atoms with Gasteiger partial charge in [-0.3, -0.25) is 0 Å². The Bertz CT molecular complexity index is 594. The summed E-state index contributed by atoms with van der Waals surface area (Å²) in [4.78, 5) is 18.3. The summed E-state index contributed by atoms with van der Waals surface area (Å²) >= 11 is 0. The molecule has 2 fully saturated rings. The molecule has 6 nitrogen and oxygen atoms in total. The van der Waals surface area contributed by atoms with Crippen molar-refractivity contribution in [3.63, 3.8) is 0 Å². The number of nitrogen functional groups attached to an aromatic ring is 1. The average Bonchev–Trinajstić information content (AvgIpc) is 3.48. The van der Waals surface area contributed by atoms with Gasteiger partial charge in [0.15, 0.2) is 5.82 Å². The normalized spacial score (nSPS) is 18.6. The van der Waals surface area contributed by atoms with Gasteiger partial charge in [0.1, 0.15) is 6.29 Å². The van der Waals surface area contributed by atoms with Crippen LogP contribution in [0.15, 0.2) is 12.3 Å². The first-order valence-electron chi connectivity index (χ1n) is 10.0. The van der Waals surface area contributed by atoms with E-state index in [4.69, 9.17) is 10.5 Å². The number of anilines is 2. The van der Waals surface area contributed by atoms with Gasteiger partial charge in [-0.2, -0.15) is 0 Å². The van der Waals surface area contributed by atoms with E-state index < -0.39 is 0 Å². The lowest BCUT2D eigenvalue weighted by Gasteiger charge is -2.37. The maximum absolute atomic E-state index is 11.3. The van der Waals surface area contributed by atoms with E-state index >= 15 is 0 Å². The number of nitrogens with zero attached hydrogens (tertiary/aromatic N) is 2. The molecule has 1 aromatic heterocycles. The van der Waals surface area contributed by atoms with E-state index in [0.717, 1.165) is 69.7 Å². The fourth-order valence-electron chi connectivity index (χ4n) is 3.39. The summed E-state index contributed by atoms with van der Waals surface area (Å²) < 4.78 is 10.0. The second-order valence-corrected chi connectivity index (χ2v) is 7.88. The van der Waals surface area contributed by atoms with Crippen LogP contribution in [-0.4, -0.2) is 50.8 Å². The zero-order chi connectivity index (χ0) is 19.9. The Balaban J connectivity index is 0.000000596. The van der Waals surface area contributed by atoms with Crippen molar-refractivity contribution in [1.82, 2.24) is 4.98 Å². The molecule has 27 heavy (non-hydrogen) atoms. The molecule has 1 saturated heterocycles. The highest BCUT2D eigenvalue weighted by Gasteiger charge is 2.45. The number of aromatic nitrogens is 1. The van der Waals surface area contributed by atoms with Crippen LogP contribution in [0, 0.1) is 5.92 Å². The van der Waals surface area contributed by atoms with Crippen molar-refractivity contribution in [2.24, 2.45) is 5.92 Å². The van der Waals surface area contributed by atoms with E-state index in [9.17, 15) is 4.79 Å². The van der Waals surface area contributed by atoms with Crippen LogP contribution in [0.3, 0.4) is 0 Å². The van der Waals surface area contributed by atoms with E-state index in [2.05, 4.69) is 28.5 Å². The van der Waals surface area contributed by atoms with Crippen LogP contribution >= 0.6 is 0 Å². The highest BCUT2D eigenvalue weighted by molar-refractivity contribution is 5.75. The fourth-order valence-corrected chi connectivity index (χ4v) is 3.39. The Morgan fingerprint density at radius 2 is 2.04 bits per heavy atom. The van der Waals surface area contributed by atoms with Gasteiger partial charge >= 0.3 is 0 Å². The van der Waals surface area contributed by atoms with Gasteiger partial charge in [0.2, 0.25) is 0 Å². The molecule has 0 unspecified atom stereocenters. The molecule has 3 rings (SSSR count). The Labute approximate surface area is 163 Å². The predicted octanol–water partition coefficient (Wildman–Crippen LogP) is 3.19. The Hall–Kier alpha value is -1.66. The fraction of sp³-hybridized carbons (Fsp3) is 0.714. The molecule has 0 atom stereocenters. The summed E-state index contributed by atoms with van der Waals surface area (Å²) in [6.07, 6.45) is 6.73. The summed E-state index contributed by atoms with van der Waals surface area (Å²) in [5, 5.41) is 0. The van der Waals surface area contributed by atoms with Crippen LogP contribution in [0.2, 0.25) is 0 Å². The molecule has 0 radical (unpaired) electrons. The molecule has 1 saturated carbocycles. The summed E-state index contributed by atoms with van der Waals surface area (Å²) in [7, 11) is 1.68. The molecule has 0 spiro atoms. The Kier molecular flexibility index (Phi) is 8.05. The smallest absolute Gasteiger partial charge is 0.152 e. The van der Waals surface area contributed by atoms with Crippen molar-refractivity contribution in [3.8, 4) is 0 Å². The van der Waals surface area contributed by atoms with E-state index in [-0.39, 0.29) is 5.41 Å². The minimum absolute atomic E-state index is 0.318. The van der Waals surface area contributed by atoms with Gasteiger partial charge in [-0.05, 0) is 50.2 Å². The van der Waals surface area contributed by atoms with E-state index in [1.807, 2.05) is 19.2 Å². The zero-order valence-electron chi connectivity index (χ0n) is 17.2. The van der Waals surface area contributed by atoms with Crippen LogP contribution in [0.4, 0.5) is 11.5 Å². The molecule has 1 aromatic rings.